The molecule has 1 amide bonds. The number of amides is 1. The van der Waals surface area contributed by atoms with E-state index in [4.69, 9.17) is 6.42 Å². The molecule has 0 radical (unpaired) electrons. The number of hydrogen-bond donors (Lipinski definition) is 0. The number of Topliss-reactive ketones (excluding diaryl/α,β-unsaturated/α-hetero) is 1. The third-order valence-corrected chi connectivity index (χ3v) is 2.64. The average Bonchev–Trinajstić information content (AvgIpc) is 2.54. The molecule has 1 aliphatic rings. The van der Waals surface area contributed by atoms with Gasteiger partial charge in [-0.25, -0.2) is 4.39 Å². The fourth-order valence-corrected chi connectivity index (χ4v) is 1.83. The molecule has 0 bridgehead atoms. The number of benzene rings is 1. The third kappa shape index (κ3) is 1.92. The van der Waals surface area contributed by atoms with Crippen LogP contribution in [-0.2, 0) is 4.79 Å². The molecule has 0 spiro atoms. The van der Waals surface area contributed by atoms with E-state index in [1.54, 1.807) is 0 Å². The van der Waals surface area contributed by atoms with E-state index >= 15 is 0 Å². The van der Waals surface area contributed by atoms with Gasteiger partial charge in [-0.15, -0.1) is 12.3 Å². The van der Waals surface area contributed by atoms with Crippen LogP contribution in [0.4, 0.5) is 10.1 Å². The minimum absolute atomic E-state index is 0.135. The lowest BCUT2D eigenvalue weighted by molar-refractivity contribution is -0.114. The summed E-state index contributed by atoms with van der Waals surface area (Å²) in [5, 5.41) is 0. The van der Waals surface area contributed by atoms with Crippen LogP contribution in [0.1, 0.15) is 23.2 Å². The Kier molecular flexibility index (Phi) is 2.92. The molecule has 86 valence electrons. The van der Waals surface area contributed by atoms with E-state index in [0.717, 1.165) is 6.07 Å². The number of hydrogen-bond acceptors (Lipinski definition) is 2. The monoisotopic (exact) mass is 231 g/mol. The van der Waals surface area contributed by atoms with Crippen molar-refractivity contribution < 1.29 is 14.0 Å². The normalized spacial score (nSPS) is 13.8. The predicted molar refractivity (Wildman–Crippen MR) is 61.2 cm³/mol. The first-order chi connectivity index (χ1) is 8.15. The number of anilines is 1. The third-order valence-electron chi connectivity index (χ3n) is 2.64. The van der Waals surface area contributed by atoms with Crippen LogP contribution in [0.2, 0.25) is 0 Å². The first-order valence-electron chi connectivity index (χ1n) is 5.24. The van der Waals surface area contributed by atoms with Crippen molar-refractivity contribution in [3.8, 4) is 12.3 Å². The van der Waals surface area contributed by atoms with Crippen molar-refractivity contribution in [3.05, 3.63) is 29.6 Å². The molecule has 0 N–H and O–H groups in total. The quantitative estimate of drug-likeness (QED) is 0.451. The topological polar surface area (TPSA) is 37.4 Å². The Hall–Kier alpha value is -2.15. The van der Waals surface area contributed by atoms with Gasteiger partial charge >= 0.3 is 0 Å². The molecule has 4 heteroatoms. The van der Waals surface area contributed by atoms with Crippen LogP contribution in [0.3, 0.4) is 0 Å². The van der Waals surface area contributed by atoms with Gasteiger partial charge in [0.15, 0.2) is 0 Å². The fourth-order valence-electron chi connectivity index (χ4n) is 1.83. The van der Waals surface area contributed by atoms with Gasteiger partial charge in [-0.2, -0.15) is 0 Å². The number of unbranched alkanes of at least 4 members (excludes halogenated alkanes) is 1. The maximum atomic E-state index is 13.0. The highest BCUT2D eigenvalue weighted by atomic mass is 19.1. The van der Waals surface area contributed by atoms with E-state index in [-0.39, 0.29) is 5.56 Å². The van der Waals surface area contributed by atoms with Crippen LogP contribution in [-0.4, -0.2) is 18.2 Å². The first kappa shape index (κ1) is 11.3. The van der Waals surface area contributed by atoms with Crippen molar-refractivity contribution >= 4 is 17.4 Å². The van der Waals surface area contributed by atoms with Gasteiger partial charge in [-0.05, 0) is 24.6 Å². The van der Waals surface area contributed by atoms with E-state index in [0.29, 0.717) is 25.1 Å². The van der Waals surface area contributed by atoms with Gasteiger partial charge in [0.2, 0.25) is 0 Å². The van der Waals surface area contributed by atoms with Crippen LogP contribution >= 0.6 is 0 Å². The molecule has 0 saturated heterocycles. The smallest absolute Gasteiger partial charge is 0.299 e. The average molecular weight is 231 g/mol. The number of carbonyl (C=O) groups excluding carboxylic acids is 2. The van der Waals surface area contributed by atoms with Gasteiger partial charge < -0.3 is 4.90 Å². The van der Waals surface area contributed by atoms with Crippen LogP contribution in [0, 0.1) is 18.2 Å². The molecule has 0 aliphatic carbocycles. The van der Waals surface area contributed by atoms with Crippen molar-refractivity contribution in [2.75, 3.05) is 11.4 Å². The number of fused-ring (bicyclic) bond motifs is 1. The van der Waals surface area contributed by atoms with Gasteiger partial charge in [0.1, 0.15) is 5.82 Å². The lowest BCUT2D eigenvalue weighted by Gasteiger charge is -2.15. The van der Waals surface area contributed by atoms with Crippen molar-refractivity contribution in [1.82, 2.24) is 0 Å². The molecule has 1 aliphatic heterocycles. The summed E-state index contributed by atoms with van der Waals surface area (Å²) >= 11 is 0. The molecule has 1 aromatic rings. The second-order valence-electron chi connectivity index (χ2n) is 3.76. The summed E-state index contributed by atoms with van der Waals surface area (Å²) in [5.74, 6) is 0.688. The summed E-state index contributed by atoms with van der Waals surface area (Å²) in [7, 11) is 0. The Balaban J connectivity index is 2.29. The highest BCUT2D eigenvalue weighted by molar-refractivity contribution is 6.52. The van der Waals surface area contributed by atoms with E-state index < -0.39 is 17.5 Å². The second kappa shape index (κ2) is 4.38. The number of carbonyl (C=O) groups is 2. The van der Waals surface area contributed by atoms with Crippen LogP contribution in [0.5, 0.6) is 0 Å². The Labute approximate surface area is 98.2 Å². The van der Waals surface area contributed by atoms with Gasteiger partial charge in [-0.3, -0.25) is 9.59 Å². The standard InChI is InChI=1S/C13H10FNO2/c1-2-3-4-7-15-11-6-5-9(14)8-10(11)12(16)13(15)17/h1,5-6,8H,3-4,7H2. The lowest BCUT2D eigenvalue weighted by atomic mass is 10.1. The van der Waals surface area contributed by atoms with Crippen molar-refractivity contribution in [1.29, 1.82) is 0 Å². The molecule has 0 atom stereocenters. The van der Waals surface area contributed by atoms with E-state index in [1.165, 1.54) is 17.0 Å². The maximum absolute atomic E-state index is 13.0. The summed E-state index contributed by atoms with van der Waals surface area (Å²) in [4.78, 5) is 24.6. The zero-order valence-corrected chi connectivity index (χ0v) is 9.07. The van der Waals surface area contributed by atoms with Crippen molar-refractivity contribution in [3.63, 3.8) is 0 Å². The zero-order valence-electron chi connectivity index (χ0n) is 9.07. The summed E-state index contributed by atoms with van der Waals surface area (Å²) in [5.41, 5.74) is 0.606. The van der Waals surface area contributed by atoms with Gasteiger partial charge in [0, 0.05) is 13.0 Å². The first-order valence-corrected chi connectivity index (χ1v) is 5.24. The molecular formula is C13H10FNO2. The summed E-state index contributed by atoms with van der Waals surface area (Å²) < 4.78 is 13.0. The highest BCUT2D eigenvalue weighted by Gasteiger charge is 2.35. The minimum atomic E-state index is -0.653. The molecule has 0 saturated carbocycles. The summed E-state index contributed by atoms with van der Waals surface area (Å²) in [6.45, 7) is 0.382. The fraction of sp³-hybridized carbons (Fsp3) is 0.231. The van der Waals surface area contributed by atoms with Gasteiger partial charge in [-0.1, -0.05) is 0 Å². The molecule has 17 heavy (non-hydrogen) atoms. The molecule has 0 aromatic heterocycles. The van der Waals surface area contributed by atoms with Crippen molar-refractivity contribution in [2.24, 2.45) is 0 Å². The lowest BCUT2D eigenvalue weighted by Crippen LogP contribution is -2.30. The Morgan fingerprint density at radius 1 is 1.35 bits per heavy atom. The second-order valence-corrected chi connectivity index (χ2v) is 3.76. The molecule has 0 unspecified atom stereocenters. The number of rotatable bonds is 3. The van der Waals surface area contributed by atoms with Gasteiger partial charge in [0.25, 0.3) is 11.7 Å². The van der Waals surface area contributed by atoms with Crippen molar-refractivity contribution in [2.45, 2.75) is 12.8 Å². The van der Waals surface area contributed by atoms with E-state index in [9.17, 15) is 14.0 Å². The van der Waals surface area contributed by atoms with Crippen LogP contribution in [0.25, 0.3) is 0 Å². The molecule has 1 aromatic carbocycles. The zero-order chi connectivity index (χ0) is 12.4. The Morgan fingerprint density at radius 3 is 2.82 bits per heavy atom. The predicted octanol–water partition coefficient (Wildman–Crippen LogP) is 1.77. The largest absolute Gasteiger partial charge is 0.305 e. The number of nitrogens with zero attached hydrogens (tertiary/aromatic N) is 1. The SMILES string of the molecule is C#CCCCN1C(=O)C(=O)c2cc(F)ccc21. The molecule has 2 rings (SSSR count). The summed E-state index contributed by atoms with van der Waals surface area (Å²) in [6, 6.07) is 3.78. The number of ketones is 1. The van der Waals surface area contributed by atoms with Crippen LogP contribution < -0.4 is 4.90 Å². The Bertz CT molecular complexity index is 531. The Morgan fingerprint density at radius 2 is 2.12 bits per heavy atom. The number of halogens is 1. The molecule has 0 fully saturated rings. The van der Waals surface area contributed by atoms with E-state index in [1.807, 2.05) is 0 Å². The molecule has 3 nitrogen and oxygen atoms in total. The summed E-state index contributed by atoms with van der Waals surface area (Å²) in [6.07, 6.45) is 6.27. The molecule has 1 heterocycles. The van der Waals surface area contributed by atoms with E-state index in [2.05, 4.69) is 5.92 Å². The van der Waals surface area contributed by atoms with Crippen LogP contribution in [0.15, 0.2) is 18.2 Å². The highest BCUT2D eigenvalue weighted by Crippen LogP contribution is 2.29. The maximum Gasteiger partial charge on any atom is 0.299 e. The van der Waals surface area contributed by atoms with Gasteiger partial charge in [0.05, 0.1) is 11.3 Å². The number of terminal acetylenes is 1. The molecular weight excluding hydrogens is 221 g/mol. The minimum Gasteiger partial charge on any atom is -0.305 e.